The number of hydrogen-bond acceptors (Lipinski definition) is 4. The molecule has 2 rings (SSSR count). The molecule has 27 heavy (non-hydrogen) atoms. The molecule has 1 atom stereocenters. The molecule has 0 bridgehead atoms. The minimum atomic E-state index is -0.364. The molecule has 8 heteroatoms. The second-order valence-corrected chi connectivity index (χ2v) is 8.07. The molecule has 0 saturated heterocycles. The van der Waals surface area contributed by atoms with Crippen LogP contribution < -0.4 is 16.0 Å². The summed E-state index contributed by atoms with van der Waals surface area (Å²) in [7, 11) is 0. The molecule has 142 valence electrons. The van der Waals surface area contributed by atoms with Gasteiger partial charge in [-0.25, -0.2) is 0 Å². The van der Waals surface area contributed by atoms with Gasteiger partial charge in [0.2, 0.25) is 17.7 Å². The number of halogens is 1. The largest absolute Gasteiger partial charge is 0.346 e. The number of rotatable bonds is 7. The van der Waals surface area contributed by atoms with Gasteiger partial charge in [0.1, 0.15) is 0 Å². The van der Waals surface area contributed by atoms with Crippen LogP contribution in [0.5, 0.6) is 0 Å². The first kappa shape index (κ1) is 21.0. The number of hydrogen-bond donors (Lipinski definition) is 3. The van der Waals surface area contributed by atoms with E-state index in [0.717, 1.165) is 9.37 Å². The molecule has 2 aromatic carbocycles. The van der Waals surface area contributed by atoms with Crippen molar-refractivity contribution in [1.82, 2.24) is 5.32 Å². The van der Waals surface area contributed by atoms with Crippen LogP contribution in [-0.2, 0) is 14.4 Å². The molecular formula is C19H20BrN3O3S. The van der Waals surface area contributed by atoms with Crippen molar-refractivity contribution in [2.24, 2.45) is 0 Å². The summed E-state index contributed by atoms with van der Waals surface area (Å²) in [5, 5.41) is 7.68. The van der Waals surface area contributed by atoms with E-state index in [1.165, 1.54) is 18.7 Å². The lowest BCUT2D eigenvalue weighted by Crippen LogP contribution is -2.37. The van der Waals surface area contributed by atoms with Gasteiger partial charge in [-0.15, -0.1) is 11.8 Å². The van der Waals surface area contributed by atoms with Crippen molar-refractivity contribution < 1.29 is 14.4 Å². The van der Waals surface area contributed by atoms with Crippen LogP contribution in [0.25, 0.3) is 0 Å². The normalized spacial score (nSPS) is 11.4. The van der Waals surface area contributed by atoms with Crippen LogP contribution in [0.2, 0.25) is 0 Å². The molecule has 6 nitrogen and oxygen atoms in total. The molecule has 3 amide bonds. The highest BCUT2D eigenvalue weighted by molar-refractivity contribution is 9.10. The van der Waals surface area contributed by atoms with Gasteiger partial charge < -0.3 is 16.0 Å². The Hall–Kier alpha value is -2.32. The van der Waals surface area contributed by atoms with E-state index in [4.69, 9.17) is 0 Å². The Morgan fingerprint density at radius 2 is 1.52 bits per heavy atom. The second-order valence-electron chi connectivity index (χ2n) is 5.74. The lowest BCUT2D eigenvalue weighted by atomic mass is 10.3. The van der Waals surface area contributed by atoms with Gasteiger partial charge in [-0.3, -0.25) is 14.4 Å². The van der Waals surface area contributed by atoms with Crippen molar-refractivity contribution in [1.29, 1.82) is 0 Å². The van der Waals surface area contributed by atoms with Gasteiger partial charge in [0.25, 0.3) is 0 Å². The third-order valence-corrected chi connectivity index (χ3v) is 5.05. The van der Waals surface area contributed by atoms with Crippen LogP contribution >= 0.6 is 27.7 Å². The van der Waals surface area contributed by atoms with Crippen LogP contribution in [0.15, 0.2) is 57.9 Å². The smallest absolute Gasteiger partial charge is 0.243 e. The SMILES string of the molecule is CC(=O)Nc1ccc(SC(C)C(=O)NCC(=O)Nc2ccc(Br)cc2)cc1. The van der Waals surface area contributed by atoms with E-state index >= 15 is 0 Å². The first-order valence-electron chi connectivity index (χ1n) is 8.21. The molecule has 1 unspecified atom stereocenters. The molecule has 2 aromatic rings. The zero-order valence-electron chi connectivity index (χ0n) is 14.9. The molecule has 0 heterocycles. The summed E-state index contributed by atoms with van der Waals surface area (Å²) in [6, 6.07) is 14.4. The molecule has 0 radical (unpaired) electrons. The monoisotopic (exact) mass is 449 g/mol. The molecular weight excluding hydrogens is 430 g/mol. The molecule has 0 aromatic heterocycles. The third kappa shape index (κ3) is 7.44. The predicted octanol–water partition coefficient (Wildman–Crippen LogP) is 3.64. The lowest BCUT2D eigenvalue weighted by molar-refractivity contribution is -0.123. The Kier molecular flexibility index (Phi) is 7.87. The van der Waals surface area contributed by atoms with Crippen molar-refractivity contribution in [3.8, 4) is 0 Å². The average molecular weight is 450 g/mol. The maximum atomic E-state index is 12.2. The fraction of sp³-hybridized carbons (Fsp3) is 0.211. The van der Waals surface area contributed by atoms with Crippen molar-refractivity contribution in [3.05, 3.63) is 53.0 Å². The van der Waals surface area contributed by atoms with E-state index < -0.39 is 0 Å². The van der Waals surface area contributed by atoms with E-state index in [1.807, 2.05) is 24.3 Å². The minimum absolute atomic E-state index is 0.0960. The van der Waals surface area contributed by atoms with E-state index in [0.29, 0.717) is 11.4 Å². The number of benzene rings is 2. The number of thioether (sulfide) groups is 1. The van der Waals surface area contributed by atoms with Crippen LogP contribution in [0.4, 0.5) is 11.4 Å². The van der Waals surface area contributed by atoms with E-state index in [2.05, 4.69) is 31.9 Å². The summed E-state index contributed by atoms with van der Waals surface area (Å²) in [5.41, 5.74) is 1.37. The molecule has 0 aliphatic heterocycles. The summed E-state index contributed by atoms with van der Waals surface area (Å²) in [6.07, 6.45) is 0. The molecule has 0 spiro atoms. The van der Waals surface area contributed by atoms with Crippen molar-refractivity contribution in [2.75, 3.05) is 17.2 Å². The first-order chi connectivity index (χ1) is 12.8. The van der Waals surface area contributed by atoms with Gasteiger partial charge in [0.05, 0.1) is 11.8 Å². The van der Waals surface area contributed by atoms with Gasteiger partial charge in [0, 0.05) is 27.7 Å². The number of amides is 3. The maximum absolute atomic E-state index is 12.2. The van der Waals surface area contributed by atoms with Gasteiger partial charge in [-0.05, 0) is 55.5 Å². The third-order valence-electron chi connectivity index (χ3n) is 3.41. The predicted molar refractivity (Wildman–Crippen MR) is 112 cm³/mol. The summed E-state index contributed by atoms with van der Waals surface area (Å²) in [5.74, 6) is -0.649. The molecule has 3 N–H and O–H groups in total. The Balaban J connectivity index is 1.78. The van der Waals surface area contributed by atoms with Gasteiger partial charge in [-0.1, -0.05) is 15.9 Å². The number of anilines is 2. The van der Waals surface area contributed by atoms with E-state index in [1.54, 1.807) is 31.2 Å². The topological polar surface area (TPSA) is 87.3 Å². The van der Waals surface area contributed by atoms with Crippen LogP contribution in [0, 0.1) is 0 Å². The Morgan fingerprint density at radius 1 is 0.963 bits per heavy atom. The highest BCUT2D eigenvalue weighted by atomic mass is 79.9. The first-order valence-corrected chi connectivity index (χ1v) is 9.88. The Labute approximate surface area is 170 Å². The summed E-state index contributed by atoms with van der Waals surface area (Å²) < 4.78 is 0.921. The number of carbonyl (C=O) groups is 3. The molecule has 0 aliphatic carbocycles. The van der Waals surface area contributed by atoms with E-state index in [-0.39, 0.29) is 29.5 Å². The fourth-order valence-electron chi connectivity index (χ4n) is 2.13. The summed E-state index contributed by atoms with van der Waals surface area (Å²) in [6.45, 7) is 3.12. The Morgan fingerprint density at radius 3 is 2.11 bits per heavy atom. The highest BCUT2D eigenvalue weighted by Crippen LogP contribution is 2.24. The zero-order valence-corrected chi connectivity index (χ0v) is 17.3. The molecule has 0 saturated carbocycles. The Bertz CT molecular complexity index is 810. The summed E-state index contributed by atoms with van der Waals surface area (Å²) >= 11 is 4.70. The van der Waals surface area contributed by atoms with Crippen molar-refractivity contribution in [3.63, 3.8) is 0 Å². The van der Waals surface area contributed by atoms with Gasteiger partial charge in [0.15, 0.2) is 0 Å². The van der Waals surface area contributed by atoms with E-state index in [9.17, 15) is 14.4 Å². The zero-order chi connectivity index (χ0) is 19.8. The van der Waals surface area contributed by atoms with Crippen molar-refractivity contribution >= 4 is 56.8 Å². The van der Waals surface area contributed by atoms with Gasteiger partial charge >= 0.3 is 0 Å². The maximum Gasteiger partial charge on any atom is 0.243 e. The quantitative estimate of drug-likeness (QED) is 0.563. The highest BCUT2D eigenvalue weighted by Gasteiger charge is 2.15. The molecule has 0 fully saturated rings. The number of carbonyl (C=O) groups excluding carboxylic acids is 3. The summed E-state index contributed by atoms with van der Waals surface area (Å²) in [4.78, 5) is 36.0. The fourth-order valence-corrected chi connectivity index (χ4v) is 3.28. The van der Waals surface area contributed by atoms with Crippen LogP contribution in [0.3, 0.4) is 0 Å². The van der Waals surface area contributed by atoms with Crippen LogP contribution in [0.1, 0.15) is 13.8 Å². The van der Waals surface area contributed by atoms with Crippen molar-refractivity contribution in [2.45, 2.75) is 24.0 Å². The second kappa shape index (κ2) is 10.1. The average Bonchev–Trinajstić information content (AvgIpc) is 2.62. The molecule has 0 aliphatic rings. The van der Waals surface area contributed by atoms with Crippen LogP contribution in [-0.4, -0.2) is 29.5 Å². The lowest BCUT2D eigenvalue weighted by Gasteiger charge is -2.12. The number of nitrogens with one attached hydrogen (secondary N) is 3. The minimum Gasteiger partial charge on any atom is -0.346 e. The van der Waals surface area contributed by atoms with Gasteiger partial charge in [-0.2, -0.15) is 0 Å². The standard InChI is InChI=1S/C19H20BrN3O3S/c1-12(27-17-9-7-15(8-10-17)22-13(2)24)19(26)21-11-18(25)23-16-5-3-14(20)4-6-16/h3-10,12H,11H2,1-2H3,(H,21,26)(H,22,24)(H,23,25).